The number of hydrogen-bond donors (Lipinski definition) is 4. The Morgan fingerprint density at radius 2 is 2.13 bits per heavy atom. The van der Waals surface area contributed by atoms with E-state index >= 15 is 0 Å². The van der Waals surface area contributed by atoms with Gasteiger partial charge in [0.25, 0.3) is 0 Å². The number of likely N-dealkylation sites (N-methyl/N-ethyl adjacent to an activating group) is 1. The number of nitrogens with two attached hydrogens (primary N) is 2. The molecule has 88 valence electrons. The van der Waals surface area contributed by atoms with Crippen molar-refractivity contribution in [2.24, 2.45) is 16.5 Å². The van der Waals surface area contributed by atoms with Gasteiger partial charge in [-0.05, 0) is 25.8 Å². The summed E-state index contributed by atoms with van der Waals surface area (Å²) in [5.41, 5.74) is 10.3. The average molecular weight is 216 g/mol. The Labute approximate surface area is 89.7 Å². The van der Waals surface area contributed by atoms with Crippen molar-refractivity contribution in [1.29, 1.82) is 0 Å². The van der Waals surface area contributed by atoms with E-state index in [1.54, 1.807) is 0 Å². The first-order chi connectivity index (χ1) is 7.07. The first-order valence-electron chi connectivity index (χ1n) is 5.09. The number of nitrogens with zero attached hydrogens (tertiary/aromatic N) is 1. The fourth-order valence-corrected chi connectivity index (χ4v) is 1.23. The smallest absolute Gasteiger partial charge is 0.320 e. The predicted molar refractivity (Wildman–Crippen MR) is 59.6 cm³/mol. The predicted octanol–water partition coefficient (Wildman–Crippen LogP) is -0.507. The Morgan fingerprint density at radius 1 is 1.47 bits per heavy atom. The molecule has 6 N–H and O–H groups in total. The van der Waals surface area contributed by atoms with Gasteiger partial charge in [0.1, 0.15) is 6.04 Å². The van der Waals surface area contributed by atoms with Crippen LogP contribution in [-0.2, 0) is 4.79 Å². The largest absolute Gasteiger partial charge is 0.480 e. The summed E-state index contributed by atoms with van der Waals surface area (Å²) in [5.74, 6) is -0.727. The van der Waals surface area contributed by atoms with E-state index < -0.39 is 12.0 Å². The van der Waals surface area contributed by atoms with Gasteiger partial charge in [-0.3, -0.25) is 9.79 Å². The van der Waals surface area contributed by atoms with Crippen molar-refractivity contribution in [3.8, 4) is 0 Å². The molecule has 1 atom stereocenters. The van der Waals surface area contributed by atoms with Crippen molar-refractivity contribution in [3.05, 3.63) is 0 Å². The molecule has 0 heterocycles. The molecule has 0 aromatic carbocycles. The van der Waals surface area contributed by atoms with E-state index in [1.165, 1.54) is 0 Å². The Kier molecular flexibility index (Phi) is 7.35. The van der Waals surface area contributed by atoms with Crippen LogP contribution in [0.2, 0.25) is 0 Å². The SMILES string of the molecule is CCN[C@@H](CCCCN=C(N)N)C(=O)O. The van der Waals surface area contributed by atoms with E-state index in [1.807, 2.05) is 6.92 Å². The fraction of sp³-hybridized carbons (Fsp3) is 0.778. The van der Waals surface area contributed by atoms with Gasteiger partial charge in [-0.15, -0.1) is 0 Å². The summed E-state index contributed by atoms with van der Waals surface area (Å²) in [5, 5.41) is 11.7. The molecule has 0 fully saturated rings. The van der Waals surface area contributed by atoms with Gasteiger partial charge in [-0.1, -0.05) is 6.92 Å². The van der Waals surface area contributed by atoms with Crippen molar-refractivity contribution >= 4 is 11.9 Å². The van der Waals surface area contributed by atoms with Crippen LogP contribution in [0.25, 0.3) is 0 Å². The van der Waals surface area contributed by atoms with E-state index in [4.69, 9.17) is 16.6 Å². The highest BCUT2D eigenvalue weighted by Gasteiger charge is 2.14. The van der Waals surface area contributed by atoms with Gasteiger partial charge in [0.05, 0.1) is 0 Å². The van der Waals surface area contributed by atoms with Gasteiger partial charge in [0.2, 0.25) is 0 Å². The first-order valence-corrected chi connectivity index (χ1v) is 5.09. The van der Waals surface area contributed by atoms with Gasteiger partial charge in [0.15, 0.2) is 5.96 Å². The zero-order chi connectivity index (χ0) is 11.7. The zero-order valence-electron chi connectivity index (χ0n) is 9.07. The van der Waals surface area contributed by atoms with E-state index in [2.05, 4.69) is 10.3 Å². The number of guanidine groups is 1. The molecule has 0 unspecified atom stereocenters. The summed E-state index contributed by atoms with van der Waals surface area (Å²) in [6.45, 7) is 3.10. The first kappa shape index (κ1) is 13.7. The van der Waals surface area contributed by atoms with E-state index in [9.17, 15) is 4.79 Å². The number of unbranched alkanes of at least 4 members (excludes halogenated alkanes) is 1. The molecule has 0 aromatic rings. The number of hydrogen-bond acceptors (Lipinski definition) is 3. The molecule has 0 rings (SSSR count). The lowest BCUT2D eigenvalue weighted by molar-refractivity contribution is -0.139. The summed E-state index contributed by atoms with van der Waals surface area (Å²) in [6, 6.07) is -0.464. The molecular formula is C9H20N4O2. The van der Waals surface area contributed by atoms with E-state index in [0.717, 1.165) is 12.8 Å². The number of rotatable bonds is 8. The van der Waals surface area contributed by atoms with Crippen LogP contribution in [-0.4, -0.2) is 36.2 Å². The third kappa shape index (κ3) is 7.75. The molecule has 6 nitrogen and oxygen atoms in total. The highest BCUT2D eigenvalue weighted by molar-refractivity contribution is 5.75. The number of aliphatic carboxylic acids is 1. The normalized spacial score (nSPS) is 12.1. The van der Waals surface area contributed by atoms with Crippen LogP contribution in [0.4, 0.5) is 0 Å². The maximum absolute atomic E-state index is 10.7. The van der Waals surface area contributed by atoms with Gasteiger partial charge >= 0.3 is 5.97 Å². The second kappa shape index (κ2) is 8.05. The summed E-state index contributed by atoms with van der Waals surface area (Å²) in [4.78, 5) is 14.5. The van der Waals surface area contributed by atoms with Crippen LogP contribution in [0.15, 0.2) is 4.99 Å². The Morgan fingerprint density at radius 3 is 2.60 bits per heavy atom. The second-order valence-electron chi connectivity index (χ2n) is 3.25. The monoisotopic (exact) mass is 216 g/mol. The topological polar surface area (TPSA) is 114 Å². The number of nitrogens with one attached hydrogen (secondary N) is 1. The minimum atomic E-state index is -0.807. The van der Waals surface area contributed by atoms with Crippen LogP contribution in [0.3, 0.4) is 0 Å². The summed E-state index contributed by atoms with van der Waals surface area (Å²) in [7, 11) is 0. The van der Waals surface area contributed by atoms with Gasteiger partial charge in [-0.2, -0.15) is 0 Å². The van der Waals surface area contributed by atoms with Gasteiger partial charge in [0, 0.05) is 6.54 Å². The molecule has 0 saturated carbocycles. The van der Waals surface area contributed by atoms with Gasteiger partial charge in [-0.25, -0.2) is 0 Å². The average Bonchev–Trinajstić information content (AvgIpc) is 2.15. The molecule has 0 spiro atoms. The number of carbonyl (C=O) groups is 1. The lowest BCUT2D eigenvalue weighted by Crippen LogP contribution is -2.36. The minimum absolute atomic E-state index is 0.0801. The van der Waals surface area contributed by atoms with Crippen LogP contribution in [0.1, 0.15) is 26.2 Å². The number of aliphatic imine (C=N–C) groups is 1. The molecule has 0 aliphatic rings. The number of carboxylic acid groups (broad SMARTS) is 1. The zero-order valence-corrected chi connectivity index (χ0v) is 9.07. The maximum atomic E-state index is 10.7. The van der Waals surface area contributed by atoms with Crippen LogP contribution >= 0.6 is 0 Å². The van der Waals surface area contributed by atoms with Gasteiger partial charge < -0.3 is 21.9 Å². The van der Waals surface area contributed by atoms with Crippen molar-refractivity contribution in [1.82, 2.24) is 5.32 Å². The van der Waals surface area contributed by atoms with Crippen LogP contribution in [0.5, 0.6) is 0 Å². The summed E-state index contributed by atoms with van der Waals surface area (Å²) < 4.78 is 0. The molecular weight excluding hydrogens is 196 g/mol. The third-order valence-electron chi connectivity index (χ3n) is 1.94. The van der Waals surface area contributed by atoms with Crippen molar-refractivity contribution in [2.75, 3.05) is 13.1 Å². The lowest BCUT2D eigenvalue weighted by Gasteiger charge is -2.11. The summed E-state index contributed by atoms with van der Waals surface area (Å²) in [6.07, 6.45) is 2.19. The molecule has 0 aromatic heterocycles. The summed E-state index contributed by atoms with van der Waals surface area (Å²) >= 11 is 0. The molecule has 0 amide bonds. The maximum Gasteiger partial charge on any atom is 0.320 e. The quantitative estimate of drug-likeness (QED) is 0.248. The Hall–Kier alpha value is -1.30. The van der Waals surface area contributed by atoms with Crippen LogP contribution in [0, 0.1) is 0 Å². The molecule has 6 heteroatoms. The fourth-order valence-electron chi connectivity index (χ4n) is 1.23. The Balaban J connectivity index is 3.62. The van der Waals surface area contributed by atoms with Crippen molar-refractivity contribution in [3.63, 3.8) is 0 Å². The highest BCUT2D eigenvalue weighted by Crippen LogP contribution is 2.01. The van der Waals surface area contributed by atoms with Crippen molar-refractivity contribution in [2.45, 2.75) is 32.2 Å². The standard InChI is InChI=1S/C9H20N4O2/c1-2-12-7(8(14)15)5-3-4-6-13-9(10)11/h7,12H,2-6H2,1H3,(H,14,15)(H4,10,11,13)/t7-/m0/s1. The minimum Gasteiger partial charge on any atom is -0.480 e. The van der Waals surface area contributed by atoms with E-state index in [0.29, 0.717) is 19.5 Å². The lowest BCUT2D eigenvalue weighted by atomic mass is 10.1. The molecule has 0 bridgehead atoms. The molecule has 0 aliphatic carbocycles. The van der Waals surface area contributed by atoms with Crippen LogP contribution < -0.4 is 16.8 Å². The molecule has 15 heavy (non-hydrogen) atoms. The number of carboxylic acids is 1. The van der Waals surface area contributed by atoms with Crippen molar-refractivity contribution < 1.29 is 9.90 Å². The molecule has 0 saturated heterocycles. The highest BCUT2D eigenvalue weighted by atomic mass is 16.4. The Bertz CT molecular complexity index is 214. The second-order valence-corrected chi connectivity index (χ2v) is 3.25. The third-order valence-corrected chi connectivity index (χ3v) is 1.94. The molecule has 0 aliphatic heterocycles. The molecule has 0 radical (unpaired) electrons. The van der Waals surface area contributed by atoms with E-state index in [-0.39, 0.29) is 5.96 Å².